The molecular weight excluding hydrogens is 354 g/mol. The number of fused-ring (bicyclic) bond motifs is 1. The molecule has 0 bridgehead atoms. The SMILES string of the molecule is CCc1ccc(-c2cc(C)c3c(C)nn(C4CCS(=O)(=O)C4)c3n2)s1. The maximum Gasteiger partial charge on any atom is 0.159 e. The zero-order valence-electron chi connectivity index (χ0n) is 14.6. The van der Waals surface area contributed by atoms with Gasteiger partial charge in [-0.3, -0.25) is 0 Å². The largest absolute Gasteiger partial charge is 0.243 e. The van der Waals surface area contributed by atoms with E-state index in [9.17, 15) is 8.42 Å². The molecule has 0 saturated carbocycles. The highest BCUT2D eigenvalue weighted by molar-refractivity contribution is 7.91. The average Bonchev–Trinajstić information content (AvgIpc) is 3.24. The predicted octanol–water partition coefficient (Wildman–Crippen LogP) is 3.70. The van der Waals surface area contributed by atoms with Crippen LogP contribution in [-0.2, 0) is 16.3 Å². The number of aromatic nitrogens is 3. The highest BCUT2D eigenvalue weighted by atomic mass is 32.2. The Labute approximate surface area is 151 Å². The molecule has 0 aromatic carbocycles. The summed E-state index contributed by atoms with van der Waals surface area (Å²) in [6.45, 7) is 6.19. The van der Waals surface area contributed by atoms with E-state index in [0.717, 1.165) is 39.3 Å². The molecule has 3 aromatic rings. The third-order valence-corrected chi connectivity index (χ3v) is 7.85. The van der Waals surface area contributed by atoms with Gasteiger partial charge in [-0.25, -0.2) is 18.1 Å². The molecule has 132 valence electrons. The molecule has 4 rings (SSSR count). The van der Waals surface area contributed by atoms with E-state index in [-0.39, 0.29) is 17.5 Å². The Morgan fingerprint density at radius 1 is 1.32 bits per heavy atom. The topological polar surface area (TPSA) is 64.8 Å². The molecule has 1 atom stereocenters. The van der Waals surface area contributed by atoms with Crippen LogP contribution in [0.2, 0.25) is 0 Å². The zero-order valence-corrected chi connectivity index (χ0v) is 16.2. The molecule has 1 fully saturated rings. The molecule has 1 unspecified atom stereocenters. The van der Waals surface area contributed by atoms with E-state index in [1.165, 1.54) is 4.88 Å². The molecule has 1 aliphatic heterocycles. The first-order chi connectivity index (χ1) is 11.9. The van der Waals surface area contributed by atoms with E-state index in [1.807, 2.05) is 11.6 Å². The van der Waals surface area contributed by atoms with Crippen molar-refractivity contribution in [3.8, 4) is 10.6 Å². The summed E-state index contributed by atoms with van der Waals surface area (Å²) < 4.78 is 25.6. The van der Waals surface area contributed by atoms with Gasteiger partial charge in [-0.15, -0.1) is 11.3 Å². The fraction of sp³-hybridized carbons (Fsp3) is 0.444. The highest BCUT2D eigenvalue weighted by Crippen LogP contribution is 2.33. The van der Waals surface area contributed by atoms with Crippen LogP contribution in [0.5, 0.6) is 0 Å². The second-order valence-corrected chi connectivity index (χ2v) is 10.1. The van der Waals surface area contributed by atoms with Crippen molar-refractivity contribution in [1.82, 2.24) is 14.8 Å². The third-order valence-electron chi connectivity index (χ3n) is 4.85. The first-order valence-corrected chi connectivity index (χ1v) is 11.2. The molecular formula is C18H21N3O2S2. The molecule has 4 heterocycles. The van der Waals surface area contributed by atoms with Gasteiger partial charge in [0.2, 0.25) is 0 Å². The van der Waals surface area contributed by atoms with E-state index in [1.54, 1.807) is 11.3 Å². The van der Waals surface area contributed by atoms with Gasteiger partial charge in [-0.1, -0.05) is 6.92 Å². The summed E-state index contributed by atoms with van der Waals surface area (Å²) in [7, 11) is -2.96. The number of nitrogens with zero attached hydrogens (tertiary/aromatic N) is 3. The van der Waals surface area contributed by atoms with E-state index < -0.39 is 9.84 Å². The molecule has 1 saturated heterocycles. The van der Waals surface area contributed by atoms with Crippen LogP contribution in [0.4, 0.5) is 0 Å². The molecule has 3 aromatic heterocycles. The number of rotatable bonds is 3. The van der Waals surface area contributed by atoms with Crippen molar-refractivity contribution in [2.24, 2.45) is 0 Å². The van der Waals surface area contributed by atoms with Gasteiger partial charge >= 0.3 is 0 Å². The summed E-state index contributed by atoms with van der Waals surface area (Å²) in [5.41, 5.74) is 3.80. The van der Waals surface area contributed by atoms with Gasteiger partial charge < -0.3 is 0 Å². The Balaban J connectivity index is 1.87. The lowest BCUT2D eigenvalue weighted by atomic mass is 10.1. The second kappa shape index (κ2) is 5.92. The van der Waals surface area contributed by atoms with Crippen molar-refractivity contribution in [2.45, 2.75) is 39.7 Å². The van der Waals surface area contributed by atoms with Crippen molar-refractivity contribution in [1.29, 1.82) is 0 Å². The highest BCUT2D eigenvalue weighted by Gasteiger charge is 2.31. The summed E-state index contributed by atoms with van der Waals surface area (Å²) in [6.07, 6.45) is 1.63. The van der Waals surface area contributed by atoms with Crippen molar-refractivity contribution in [3.05, 3.63) is 34.3 Å². The van der Waals surface area contributed by atoms with E-state index in [0.29, 0.717) is 6.42 Å². The maximum atomic E-state index is 11.9. The van der Waals surface area contributed by atoms with Crippen LogP contribution >= 0.6 is 11.3 Å². The van der Waals surface area contributed by atoms with Crippen LogP contribution in [0.15, 0.2) is 18.2 Å². The van der Waals surface area contributed by atoms with Crippen LogP contribution in [0.1, 0.15) is 35.5 Å². The normalized spacial score (nSPS) is 19.7. The molecule has 0 amide bonds. The summed E-state index contributed by atoms with van der Waals surface area (Å²) in [5, 5.41) is 5.69. The molecule has 0 spiro atoms. The lowest BCUT2D eigenvalue weighted by molar-refractivity contribution is 0.509. The van der Waals surface area contributed by atoms with Gasteiger partial charge in [0.05, 0.1) is 33.8 Å². The van der Waals surface area contributed by atoms with Crippen LogP contribution < -0.4 is 0 Å². The number of thiophene rings is 1. The summed E-state index contributed by atoms with van der Waals surface area (Å²) in [4.78, 5) is 7.36. The Morgan fingerprint density at radius 2 is 2.12 bits per heavy atom. The lowest BCUT2D eigenvalue weighted by Crippen LogP contribution is -2.13. The smallest absolute Gasteiger partial charge is 0.159 e. The second-order valence-electron chi connectivity index (χ2n) is 6.73. The number of hydrogen-bond donors (Lipinski definition) is 0. The van der Waals surface area contributed by atoms with Gasteiger partial charge in [0.15, 0.2) is 15.5 Å². The van der Waals surface area contributed by atoms with Gasteiger partial charge in [-0.05, 0) is 50.5 Å². The number of aryl methyl sites for hydroxylation is 3. The molecule has 25 heavy (non-hydrogen) atoms. The molecule has 7 heteroatoms. The molecule has 0 N–H and O–H groups in total. The Bertz CT molecular complexity index is 1060. The van der Waals surface area contributed by atoms with E-state index in [4.69, 9.17) is 4.98 Å². The van der Waals surface area contributed by atoms with Crippen molar-refractivity contribution in [2.75, 3.05) is 11.5 Å². The Morgan fingerprint density at radius 3 is 2.76 bits per heavy atom. The number of pyridine rings is 1. The predicted molar refractivity (Wildman–Crippen MR) is 102 cm³/mol. The standard InChI is InChI=1S/C18H21N3O2S2/c1-4-14-5-6-16(24-14)15-9-11(2)17-12(3)20-21(18(17)19-15)13-7-8-25(22,23)10-13/h5-6,9,13H,4,7-8,10H2,1-3H3. The van der Waals surface area contributed by atoms with Crippen LogP contribution in [0.25, 0.3) is 21.6 Å². The van der Waals surface area contributed by atoms with Crippen molar-refractivity contribution in [3.63, 3.8) is 0 Å². The first kappa shape index (κ1) is 16.7. The van der Waals surface area contributed by atoms with Crippen LogP contribution in [0, 0.1) is 13.8 Å². The third kappa shape index (κ3) is 2.89. The maximum absolute atomic E-state index is 11.9. The summed E-state index contributed by atoms with van der Waals surface area (Å²) >= 11 is 1.76. The lowest BCUT2D eigenvalue weighted by Gasteiger charge is -2.10. The van der Waals surface area contributed by atoms with Crippen LogP contribution in [-0.4, -0.2) is 34.7 Å². The number of sulfone groups is 1. The average molecular weight is 376 g/mol. The number of hydrogen-bond acceptors (Lipinski definition) is 5. The van der Waals surface area contributed by atoms with Crippen LogP contribution in [0.3, 0.4) is 0 Å². The van der Waals surface area contributed by atoms with Crippen molar-refractivity contribution < 1.29 is 8.42 Å². The van der Waals surface area contributed by atoms with Gasteiger partial charge in [0, 0.05) is 10.3 Å². The fourth-order valence-electron chi connectivity index (χ4n) is 3.58. The van der Waals surface area contributed by atoms with Gasteiger partial charge in [0.25, 0.3) is 0 Å². The minimum atomic E-state index is -2.96. The molecule has 0 radical (unpaired) electrons. The monoisotopic (exact) mass is 375 g/mol. The van der Waals surface area contributed by atoms with Gasteiger partial charge in [-0.2, -0.15) is 5.10 Å². The summed E-state index contributed by atoms with van der Waals surface area (Å²) in [5.74, 6) is 0.398. The molecule has 1 aliphatic rings. The fourth-order valence-corrected chi connectivity index (χ4v) is 6.18. The van der Waals surface area contributed by atoms with E-state index >= 15 is 0 Å². The zero-order chi connectivity index (χ0) is 17.8. The quantitative estimate of drug-likeness (QED) is 0.700. The minimum absolute atomic E-state index is 0.113. The van der Waals surface area contributed by atoms with E-state index in [2.05, 4.69) is 37.1 Å². The Kier molecular flexibility index (Phi) is 3.96. The van der Waals surface area contributed by atoms with Gasteiger partial charge in [0.1, 0.15) is 0 Å². The summed E-state index contributed by atoms with van der Waals surface area (Å²) in [6, 6.07) is 6.26. The molecule has 0 aliphatic carbocycles. The first-order valence-electron chi connectivity index (χ1n) is 8.54. The minimum Gasteiger partial charge on any atom is -0.243 e. The molecule has 5 nitrogen and oxygen atoms in total. The van der Waals surface area contributed by atoms with Crippen molar-refractivity contribution >= 4 is 32.2 Å². The Hall–Kier alpha value is -1.73.